The van der Waals surface area contributed by atoms with Crippen LogP contribution in [0, 0.1) is 12.7 Å². The van der Waals surface area contributed by atoms with E-state index in [1.165, 1.54) is 22.9 Å². The highest BCUT2D eigenvalue weighted by atomic mass is 35.5. The van der Waals surface area contributed by atoms with Crippen LogP contribution in [0.5, 0.6) is 0 Å². The molecule has 34 heavy (non-hydrogen) atoms. The number of aromatic nitrogens is 4. The number of hydrogen-bond donors (Lipinski definition) is 0. The first kappa shape index (κ1) is 22.2. The van der Waals surface area contributed by atoms with Crippen LogP contribution in [0.15, 0.2) is 57.9 Å². The molecular weight excluding hydrogens is 464 g/mol. The first-order valence-electron chi connectivity index (χ1n) is 10.7. The topological polar surface area (TPSA) is 77.0 Å². The van der Waals surface area contributed by atoms with Crippen LogP contribution in [0.25, 0.3) is 28.7 Å². The number of nitrogens with zero attached hydrogens (tertiary/aromatic N) is 5. The highest BCUT2D eigenvalue weighted by molar-refractivity contribution is 6.30. The number of anilines is 1. The molecule has 1 saturated heterocycles. The number of pyridine rings is 1. The fraction of sp³-hybridized carbons (Fsp3) is 0.250. The second-order valence-electron chi connectivity index (χ2n) is 8.26. The van der Waals surface area contributed by atoms with Crippen molar-refractivity contribution in [3.8, 4) is 28.7 Å². The smallest absolute Gasteiger partial charge is 0.355 e. The molecule has 4 aromatic rings. The van der Waals surface area contributed by atoms with E-state index in [0.29, 0.717) is 23.5 Å². The molecule has 1 aliphatic heterocycles. The normalized spacial score (nSPS) is 14.8. The lowest BCUT2D eigenvalue weighted by Gasteiger charge is -2.44. The van der Waals surface area contributed by atoms with Gasteiger partial charge in [-0.15, -0.1) is 0 Å². The maximum Gasteiger partial charge on any atom is 0.355 e. The van der Waals surface area contributed by atoms with Crippen LogP contribution in [-0.2, 0) is 0 Å². The largest absolute Gasteiger partial charge is 0.432 e. The summed E-state index contributed by atoms with van der Waals surface area (Å²) >= 11 is 5.84. The van der Waals surface area contributed by atoms with E-state index in [2.05, 4.69) is 15.0 Å². The first-order valence-corrected chi connectivity index (χ1v) is 11.1. The fourth-order valence-corrected chi connectivity index (χ4v) is 3.94. The molecule has 1 aromatic carbocycles. The van der Waals surface area contributed by atoms with Gasteiger partial charge in [0.2, 0.25) is 5.89 Å². The summed E-state index contributed by atoms with van der Waals surface area (Å²) in [6, 6.07) is 11.1. The van der Waals surface area contributed by atoms with Crippen molar-refractivity contribution in [1.29, 1.82) is 0 Å². The predicted molar refractivity (Wildman–Crippen MR) is 125 cm³/mol. The third-order valence-corrected chi connectivity index (χ3v) is 6.13. The molecule has 4 heterocycles. The lowest BCUT2D eigenvalue weighted by Crippen LogP contribution is -2.59. The van der Waals surface area contributed by atoms with Gasteiger partial charge in [0.1, 0.15) is 23.0 Å². The monoisotopic (exact) mass is 483 g/mol. The number of alkyl halides is 1. The lowest BCUT2D eigenvalue weighted by atomic mass is 9.93. The maximum absolute atomic E-state index is 14.3. The summed E-state index contributed by atoms with van der Waals surface area (Å²) in [5.74, 6) is 0.185. The second kappa shape index (κ2) is 8.32. The lowest BCUT2D eigenvalue weighted by molar-refractivity contribution is 0.115. The van der Waals surface area contributed by atoms with E-state index in [1.807, 2.05) is 13.0 Å². The quantitative estimate of drug-likeness (QED) is 0.398. The van der Waals surface area contributed by atoms with E-state index in [-0.39, 0.29) is 35.6 Å². The molecule has 7 nitrogen and oxygen atoms in total. The van der Waals surface area contributed by atoms with Crippen molar-refractivity contribution >= 4 is 17.4 Å². The van der Waals surface area contributed by atoms with Crippen molar-refractivity contribution in [1.82, 2.24) is 19.5 Å². The predicted octanol–water partition coefficient (Wildman–Crippen LogP) is 4.99. The molecule has 1 aliphatic rings. The van der Waals surface area contributed by atoms with Gasteiger partial charge < -0.3 is 9.32 Å². The Morgan fingerprint density at radius 2 is 1.94 bits per heavy atom. The zero-order valence-electron chi connectivity index (χ0n) is 18.4. The first-order chi connectivity index (χ1) is 16.3. The minimum atomic E-state index is -1.26. The SMILES string of the molecule is CCC1(F)CN(c2ccn(-c3nc(-c4cccc(C)n4)oc3-c3ccc(Cl)c(F)c3)c(=O)n2)C1. The Hall–Kier alpha value is -3.59. The van der Waals surface area contributed by atoms with E-state index in [4.69, 9.17) is 16.0 Å². The Balaban J connectivity index is 1.60. The standard InChI is InChI=1S/C24H20ClF2N5O2/c1-3-24(27)12-31(13-24)19-9-10-32(23(33)29-19)21-20(15-7-8-16(25)17(26)11-15)34-22(30-21)18-6-4-5-14(2)28-18/h4-11H,3,12-13H2,1-2H3. The van der Waals surface area contributed by atoms with Gasteiger partial charge in [-0.2, -0.15) is 9.97 Å². The summed E-state index contributed by atoms with van der Waals surface area (Å²) in [6.07, 6.45) is 1.90. The minimum absolute atomic E-state index is 0.0425. The molecule has 0 saturated carbocycles. The van der Waals surface area contributed by atoms with E-state index >= 15 is 0 Å². The molecule has 0 spiro atoms. The molecule has 0 atom stereocenters. The van der Waals surface area contributed by atoms with Crippen molar-refractivity contribution < 1.29 is 13.2 Å². The number of rotatable bonds is 5. The van der Waals surface area contributed by atoms with E-state index in [1.54, 1.807) is 36.1 Å². The van der Waals surface area contributed by atoms with Gasteiger partial charge in [0.25, 0.3) is 0 Å². The molecular formula is C24H20ClF2N5O2. The Kier molecular flexibility index (Phi) is 5.44. The number of halogens is 3. The number of benzene rings is 1. The molecule has 0 radical (unpaired) electrons. The minimum Gasteiger partial charge on any atom is -0.432 e. The zero-order chi connectivity index (χ0) is 24.0. The molecule has 0 unspecified atom stereocenters. The molecule has 3 aromatic heterocycles. The van der Waals surface area contributed by atoms with Crippen LogP contribution in [0.4, 0.5) is 14.6 Å². The van der Waals surface area contributed by atoms with Crippen LogP contribution < -0.4 is 10.6 Å². The highest BCUT2D eigenvalue weighted by Gasteiger charge is 2.42. The highest BCUT2D eigenvalue weighted by Crippen LogP contribution is 2.34. The van der Waals surface area contributed by atoms with Gasteiger partial charge in [0, 0.05) is 17.5 Å². The average Bonchev–Trinajstić information content (AvgIpc) is 3.24. The van der Waals surface area contributed by atoms with Crippen LogP contribution in [-0.4, -0.2) is 38.3 Å². The van der Waals surface area contributed by atoms with Crippen molar-refractivity contribution in [2.24, 2.45) is 0 Å². The number of oxazole rings is 1. The van der Waals surface area contributed by atoms with Crippen LogP contribution >= 0.6 is 11.6 Å². The molecule has 0 aliphatic carbocycles. The van der Waals surface area contributed by atoms with Crippen molar-refractivity contribution in [2.45, 2.75) is 25.9 Å². The fourth-order valence-electron chi connectivity index (χ4n) is 3.83. The van der Waals surface area contributed by atoms with Crippen LogP contribution in [0.2, 0.25) is 5.02 Å². The third-order valence-electron chi connectivity index (χ3n) is 5.82. The van der Waals surface area contributed by atoms with Gasteiger partial charge in [-0.3, -0.25) is 0 Å². The van der Waals surface area contributed by atoms with Crippen LogP contribution in [0.1, 0.15) is 19.0 Å². The van der Waals surface area contributed by atoms with Gasteiger partial charge in [0.05, 0.1) is 18.1 Å². The van der Waals surface area contributed by atoms with Crippen molar-refractivity contribution in [2.75, 3.05) is 18.0 Å². The summed E-state index contributed by atoms with van der Waals surface area (Å²) in [4.78, 5) is 27.7. The van der Waals surface area contributed by atoms with E-state index in [9.17, 15) is 13.6 Å². The summed E-state index contributed by atoms with van der Waals surface area (Å²) in [5, 5.41) is -0.0425. The van der Waals surface area contributed by atoms with Crippen LogP contribution in [0.3, 0.4) is 0 Å². The number of hydrogen-bond acceptors (Lipinski definition) is 6. The van der Waals surface area contributed by atoms with Gasteiger partial charge in [-0.1, -0.05) is 24.6 Å². The molecule has 0 amide bonds. The summed E-state index contributed by atoms with van der Waals surface area (Å²) in [7, 11) is 0. The van der Waals surface area contributed by atoms with Crippen molar-refractivity contribution in [3.05, 3.63) is 75.7 Å². The number of aryl methyl sites for hydroxylation is 1. The van der Waals surface area contributed by atoms with E-state index < -0.39 is 17.2 Å². The zero-order valence-corrected chi connectivity index (χ0v) is 19.2. The molecule has 174 valence electrons. The molecule has 0 bridgehead atoms. The van der Waals surface area contributed by atoms with Gasteiger partial charge in [-0.05, 0) is 49.7 Å². The molecule has 1 fully saturated rings. The van der Waals surface area contributed by atoms with Gasteiger partial charge in [-0.25, -0.2) is 23.1 Å². The Bertz CT molecular complexity index is 1450. The van der Waals surface area contributed by atoms with Crippen molar-refractivity contribution in [3.63, 3.8) is 0 Å². The van der Waals surface area contributed by atoms with Gasteiger partial charge in [0.15, 0.2) is 11.6 Å². The molecule has 0 N–H and O–H groups in total. The summed E-state index contributed by atoms with van der Waals surface area (Å²) < 4.78 is 35.7. The Morgan fingerprint density at radius 1 is 1.15 bits per heavy atom. The average molecular weight is 484 g/mol. The van der Waals surface area contributed by atoms with E-state index in [0.717, 1.165) is 5.69 Å². The molecule has 5 rings (SSSR count). The molecule has 10 heteroatoms. The Morgan fingerprint density at radius 3 is 2.62 bits per heavy atom. The summed E-state index contributed by atoms with van der Waals surface area (Å²) in [6.45, 7) is 3.98. The second-order valence-corrected chi connectivity index (χ2v) is 8.67. The third kappa shape index (κ3) is 3.96. The maximum atomic E-state index is 14.3. The Labute approximate surface area is 198 Å². The summed E-state index contributed by atoms with van der Waals surface area (Å²) in [5.41, 5.74) is -0.334. The van der Waals surface area contributed by atoms with Gasteiger partial charge >= 0.3 is 5.69 Å².